The van der Waals surface area contributed by atoms with Gasteiger partial charge >= 0.3 is 5.97 Å². The predicted molar refractivity (Wildman–Crippen MR) is 60.6 cm³/mol. The topological polar surface area (TPSA) is 83.4 Å². The third-order valence-electron chi connectivity index (χ3n) is 2.37. The van der Waals surface area contributed by atoms with Crippen LogP contribution in [0.5, 0.6) is 0 Å². The second-order valence-electron chi connectivity index (χ2n) is 3.75. The molecule has 1 heterocycles. The highest BCUT2D eigenvalue weighted by molar-refractivity contribution is 5.94. The Bertz CT molecular complexity index is 420. The monoisotopic (exact) mass is 237 g/mol. The first-order valence-corrected chi connectivity index (χ1v) is 5.26. The molecule has 6 nitrogen and oxygen atoms in total. The first-order chi connectivity index (χ1) is 8.02. The molecule has 17 heavy (non-hydrogen) atoms. The van der Waals surface area contributed by atoms with E-state index in [1.54, 1.807) is 14.0 Å². The standard InChI is InChI=1S/C11H15N3O3/c1-8-9(6-12-7-13-8)11(17)14(2)5-3-4-10(15)16/h6-7H,3-5H2,1-2H3,(H,15,16). The first-order valence-electron chi connectivity index (χ1n) is 5.26. The Labute approximate surface area is 99.3 Å². The van der Waals surface area contributed by atoms with E-state index in [1.165, 1.54) is 17.4 Å². The number of aliphatic carboxylic acids is 1. The largest absolute Gasteiger partial charge is 0.481 e. The Morgan fingerprint density at radius 1 is 1.47 bits per heavy atom. The lowest BCUT2D eigenvalue weighted by atomic mass is 10.2. The van der Waals surface area contributed by atoms with Crippen molar-refractivity contribution in [1.29, 1.82) is 0 Å². The molecule has 1 aromatic rings. The SMILES string of the molecule is Cc1ncncc1C(=O)N(C)CCCC(=O)O. The molecule has 1 rings (SSSR count). The van der Waals surface area contributed by atoms with Crippen LogP contribution in [0.2, 0.25) is 0 Å². The Hall–Kier alpha value is -1.98. The van der Waals surface area contributed by atoms with Gasteiger partial charge in [-0.2, -0.15) is 0 Å². The molecule has 0 spiro atoms. The quantitative estimate of drug-likeness (QED) is 0.815. The molecular formula is C11H15N3O3. The molecule has 0 bridgehead atoms. The maximum Gasteiger partial charge on any atom is 0.303 e. The van der Waals surface area contributed by atoms with Crippen molar-refractivity contribution < 1.29 is 14.7 Å². The first kappa shape index (κ1) is 13.1. The summed E-state index contributed by atoms with van der Waals surface area (Å²) in [6, 6.07) is 0. The molecule has 0 aliphatic rings. The second-order valence-corrected chi connectivity index (χ2v) is 3.75. The number of aromatic nitrogens is 2. The van der Waals surface area contributed by atoms with Crippen LogP contribution < -0.4 is 0 Å². The molecular weight excluding hydrogens is 222 g/mol. The van der Waals surface area contributed by atoms with Crippen molar-refractivity contribution in [2.24, 2.45) is 0 Å². The van der Waals surface area contributed by atoms with Crippen molar-refractivity contribution in [3.05, 3.63) is 23.8 Å². The zero-order chi connectivity index (χ0) is 12.8. The highest BCUT2D eigenvalue weighted by Gasteiger charge is 2.14. The molecule has 1 amide bonds. The van der Waals surface area contributed by atoms with Crippen LogP contribution in [0.3, 0.4) is 0 Å². The van der Waals surface area contributed by atoms with Crippen molar-refractivity contribution in [1.82, 2.24) is 14.9 Å². The number of carbonyl (C=O) groups excluding carboxylic acids is 1. The molecule has 0 saturated heterocycles. The lowest BCUT2D eigenvalue weighted by Crippen LogP contribution is -2.29. The van der Waals surface area contributed by atoms with Gasteiger partial charge in [0.15, 0.2) is 0 Å². The van der Waals surface area contributed by atoms with Crippen LogP contribution in [-0.4, -0.2) is 45.4 Å². The van der Waals surface area contributed by atoms with Gasteiger partial charge in [-0.1, -0.05) is 0 Å². The summed E-state index contributed by atoms with van der Waals surface area (Å²) < 4.78 is 0. The molecule has 92 valence electrons. The van der Waals surface area contributed by atoms with Gasteiger partial charge in [-0.25, -0.2) is 9.97 Å². The molecule has 0 atom stereocenters. The average molecular weight is 237 g/mol. The number of carboxylic acid groups (broad SMARTS) is 1. The van der Waals surface area contributed by atoms with Crippen molar-refractivity contribution in [2.75, 3.05) is 13.6 Å². The molecule has 0 radical (unpaired) electrons. The smallest absolute Gasteiger partial charge is 0.303 e. The van der Waals surface area contributed by atoms with E-state index in [0.29, 0.717) is 24.2 Å². The van der Waals surface area contributed by atoms with Gasteiger partial charge in [-0.3, -0.25) is 9.59 Å². The third kappa shape index (κ3) is 3.82. The number of hydrogen-bond acceptors (Lipinski definition) is 4. The van der Waals surface area contributed by atoms with Crippen molar-refractivity contribution >= 4 is 11.9 Å². The number of hydrogen-bond donors (Lipinski definition) is 1. The van der Waals surface area contributed by atoms with Crippen LogP contribution in [0.25, 0.3) is 0 Å². The number of carbonyl (C=O) groups is 2. The van der Waals surface area contributed by atoms with E-state index < -0.39 is 5.97 Å². The normalized spacial score (nSPS) is 10.0. The number of aryl methyl sites for hydroxylation is 1. The minimum absolute atomic E-state index is 0.0574. The summed E-state index contributed by atoms with van der Waals surface area (Å²) in [7, 11) is 1.64. The highest BCUT2D eigenvalue weighted by Crippen LogP contribution is 2.06. The second kappa shape index (κ2) is 5.93. The zero-order valence-electron chi connectivity index (χ0n) is 9.88. The molecule has 0 aliphatic heterocycles. The van der Waals surface area contributed by atoms with Gasteiger partial charge in [0.1, 0.15) is 6.33 Å². The highest BCUT2D eigenvalue weighted by atomic mass is 16.4. The minimum Gasteiger partial charge on any atom is -0.481 e. The fourth-order valence-electron chi connectivity index (χ4n) is 1.38. The van der Waals surface area contributed by atoms with Crippen molar-refractivity contribution in [2.45, 2.75) is 19.8 Å². The number of carboxylic acids is 1. The van der Waals surface area contributed by atoms with E-state index >= 15 is 0 Å². The number of nitrogens with zero attached hydrogens (tertiary/aromatic N) is 3. The number of amides is 1. The van der Waals surface area contributed by atoms with E-state index in [-0.39, 0.29) is 12.3 Å². The molecule has 0 fully saturated rings. The lowest BCUT2D eigenvalue weighted by Gasteiger charge is -2.17. The molecule has 1 aromatic heterocycles. The van der Waals surface area contributed by atoms with Gasteiger partial charge < -0.3 is 10.0 Å². The Morgan fingerprint density at radius 3 is 2.76 bits per heavy atom. The Morgan fingerprint density at radius 2 is 2.18 bits per heavy atom. The summed E-state index contributed by atoms with van der Waals surface area (Å²) in [5.41, 5.74) is 1.07. The van der Waals surface area contributed by atoms with Crippen LogP contribution in [0.15, 0.2) is 12.5 Å². The summed E-state index contributed by atoms with van der Waals surface area (Å²) in [6.07, 6.45) is 3.35. The summed E-state index contributed by atoms with van der Waals surface area (Å²) >= 11 is 0. The zero-order valence-corrected chi connectivity index (χ0v) is 9.88. The van der Waals surface area contributed by atoms with Crippen molar-refractivity contribution in [3.63, 3.8) is 0 Å². The third-order valence-corrected chi connectivity index (χ3v) is 2.37. The number of rotatable bonds is 5. The average Bonchev–Trinajstić information content (AvgIpc) is 2.28. The van der Waals surface area contributed by atoms with Crippen LogP contribution >= 0.6 is 0 Å². The summed E-state index contributed by atoms with van der Waals surface area (Å²) in [4.78, 5) is 31.5. The molecule has 0 unspecified atom stereocenters. The van der Waals surface area contributed by atoms with E-state index in [1.807, 2.05) is 0 Å². The van der Waals surface area contributed by atoms with Gasteiger partial charge in [0.05, 0.1) is 11.3 Å². The predicted octanol–water partition coefficient (Wildman–Crippen LogP) is 0.722. The van der Waals surface area contributed by atoms with E-state index in [9.17, 15) is 9.59 Å². The maximum atomic E-state index is 11.9. The van der Waals surface area contributed by atoms with E-state index in [4.69, 9.17) is 5.11 Å². The Balaban J connectivity index is 2.58. The van der Waals surface area contributed by atoms with Gasteiger partial charge in [0.2, 0.25) is 0 Å². The molecule has 6 heteroatoms. The molecule has 1 N–H and O–H groups in total. The van der Waals surface area contributed by atoms with Crippen molar-refractivity contribution in [3.8, 4) is 0 Å². The van der Waals surface area contributed by atoms with E-state index in [2.05, 4.69) is 9.97 Å². The minimum atomic E-state index is -0.856. The molecule has 0 aliphatic carbocycles. The van der Waals surface area contributed by atoms with Crippen LogP contribution in [-0.2, 0) is 4.79 Å². The fraction of sp³-hybridized carbons (Fsp3) is 0.455. The van der Waals surface area contributed by atoms with Gasteiger partial charge in [-0.15, -0.1) is 0 Å². The van der Waals surface area contributed by atoms with Gasteiger partial charge in [0, 0.05) is 26.2 Å². The molecule has 0 aromatic carbocycles. The lowest BCUT2D eigenvalue weighted by molar-refractivity contribution is -0.137. The summed E-state index contributed by atoms with van der Waals surface area (Å²) in [6.45, 7) is 2.14. The molecule has 0 saturated carbocycles. The Kier molecular flexibility index (Phi) is 4.56. The maximum absolute atomic E-state index is 11.9. The van der Waals surface area contributed by atoms with Gasteiger partial charge in [0.25, 0.3) is 5.91 Å². The van der Waals surface area contributed by atoms with Crippen LogP contribution in [0, 0.1) is 6.92 Å². The van der Waals surface area contributed by atoms with Crippen LogP contribution in [0.4, 0.5) is 0 Å². The summed E-state index contributed by atoms with van der Waals surface area (Å²) in [5.74, 6) is -1.04. The van der Waals surface area contributed by atoms with Gasteiger partial charge in [-0.05, 0) is 13.3 Å². The fourth-order valence-corrected chi connectivity index (χ4v) is 1.38. The van der Waals surface area contributed by atoms with Crippen LogP contribution in [0.1, 0.15) is 28.9 Å². The summed E-state index contributed by atoms with van der Waals surface area (Å²) in [5, 5.41) is 8.50. The van der Waals surface area contributed by atoms with E-state index in [0.717, 1.165) is 0 Å².